The largest absolute Gasteiger partial charge is 0.392 e. The van der Waals surface area contributed by atoms with Crippen LogP contribution >= 0.6 is 0 Å². The Balaban J connectivity index is 1.78. The molecule has 1 heterocycles. The smallest absolute Gasteiger partial charge is 0.254 e. The highest BCUT2D eigenvalue weighted by Gasteiger charge is 2.09. The summed E-state index contributed by atoms with van der Waals surface area (Å²) in [7, 11) is 0. The van der Waals surface area contributed by atoms with Crippen LogP contribution in [0, 0.1) is 13.8 Å². The van der Waals surface area contributed by atoms with Crippen molar-refractivity contribution in [2.45, 2.75) is 39.7 Å². The molecule has 0 radical (unpaired) electrons. The van der Waals surface area contributed by atoms with E-state index in [0.717, 1.165) is 17.5 Å². The van der Waals surface area contributed by atoms with Crippen LogP contribution in [0.2, 0.25) is 0 Å². The van der Waals surface area contributed by atoms with Gasteiger partial charge in [-0.1, -0.05) is 24.3 Å². The normalized spacial score (nSPS) is 10.6. The molecule has 1 aromatic carbocycles. The summed E-state index contributed by atoms with van der Waals surface area (Å²) in [6, 6.07) is 7.63. The lowest BCUT2D eigenvalue weighted by Gasteiger charge is -2.07. The molecule has 1 aromatic heterocycles. The first kappa shape index (κ1) is 17.9. The molecule has 6 nitrogen and oxygen atoms in total. The maximum Gasteiger partial charge on any atom is 0.254 e. The number of H-pyrrole nitrogens is 1. The number of aliphatic hydroxyl groups is 1. The van der Waals surface area contributed by atoms with E-state index in [4.69, 9.17) is 5.11 Å². The second kappa shape index (κ2) is 8.40. The number of nitrogens with one attached hydrogen (secondary N) is 2. The topological polar surface area (TPSA) is 95.1 Å². The predicted octanol–water partition coefficient (Wildman–Crippen LogP) is 1.17. The summed E-state index contributed by atoms with van der Waals surface area (Å²) in [6.07, 6.45) is 1.37. The molecular weight excluding hydrogens is 306 g/mol. The van der Waals surface area contributed by atoms with Gasteiger partial charge < -0.3 is 15.4 Å². The standard InChI is InChI=1S/C18H23N3O3/c1-12-16(18(24)21-13(2)20-12)7-8-17(23)19-10-9-14-3-5-15(11-22)6-4-14/h3-6,22H,7-11H2,1-2H3,(H,19,23)(H,20,21,24). The van der Waals surface area contributed by atoms with E-state index in [1.807, 2.05) is 24.3 Å². The van der Waals surface area contributed by atoms with Gasteiger partial charge in [-0.05, 0) is 37.8 Å². The zero-order chi connectivity index (χ0) is 17.5. The van der Waals surface area contributed by atoms with Crippen LogP contribution in [0.3, 0.4) is 0 Å². The summed E-state index contributed by atoms with van der Waals surface area (Å²) < 4.78 is 0. The van der Waals surface area contributed by atoms with Crippen molar-refractivity contribution in [1.29, 1.82) is 0 Å². The van der Waals surface area contributed by atoms with Gasteiger partial charge in [0.15, 0.2) is 0 Å². The molecule has 24 heavy (non-hydrogen) atoms. The lowest BCUT2D eigenvalue weighted by Crippen LogP contribution is -2.27. The highest BCUT2D eigenvalue weighted by atomic mass is 16.3. The van der Waals surface area contributed by atoms with Crippen LogP contribution in [-0.4, -0.2) is 27.5 Å². The van der Waals surface area contributed by atoms with Crippen molar-refractivity contribution in [1.82, 2.24) is 15.3 Å². The van der Waals surface area contributed by atoms with Gasteiger partial charge in [-0.2, -0.15) is 0 Å². The van der Waals surface area contributed by atoms with E-state index < -0.39 is 0 Å². The van der Waals surface area contributed by atoms with E-state index in [9.17, 15) is 9.59 Å². The van der Waals surface area contributed by atoms with E-state index >= 15 is 0 Å². The number of aliphatic hydroxyl groups excluding tert-OH is 1. The number of benzene rings is 1. The maximum atomic E-state index is 11.9. The number of amides is 1. The summed E-state index contributed by atoms with van der Waals surface area (Å²) >= 11 is 0. The lowest BCUT2D eigenvalue weighted by atomic mass is 10.1. The van der Waals surface area contributed by atoms with E-state index in [1.54, 1.807) is 13.8 Å². The van der Waals surface area contributed by atoms with E-state index in [0.29, 0.717) is 30.0 Å². The van der Waals surface area contributed by atoms with Crippen molar-refractivity contribution in [3.05, 3.63) is 62.8 Å². The minimum Gasteiger partial charge on any atom is -0.392 e. The Morgan fingerprint density at radius 3 is 2.46 bits per heavy atom. The highest BCUT2D eigenvalue weighted by molar-refractivity contribution is 5.76. The molecule has 0 bridgehead atoms. The highest BCUT2D eigenvalue weighted by Crippen LogP contribution is 2.05. The molecule has 0 aliphatic heterocycles. The van der Waals surface area contributed by atoms with Crippen molar-refractivity contribution in [2.24, 2.45) is 0 Å². The Bertz CT molecular complexity index is 751. The molecule has 0 fully saturated rings. The van der Waals surface area contributed by atoms with Gasteiger partial charge in [0.25, 0.3) is 5.56 Å². The molecule has 0 unspecified atom stereocenters. The summed E-state index contributed by atoms with van der Waals surface area (Å²) in [5.41, 5.74) is 3.04. The number of rotatable bonds is 7. The van der Waals surface area contributed by atoms with Crippen LogP contribution in [0.1, 0.15) is 34.6 Å². The van der Waals surface area contributed by atoms with Gasteiger partial charge in [-0.25, -0.2) is 4.98 Å². The summed E-state index contributed by atoms with van der Waals surface area (Å²) in [4.78, 5) is 30.7. The molecule has 128 valence electrons. The van der Waals surface area contributed by atoms with E-state index in [1.165, 1.54) is 0 Å². The van der Waals surface area contributed by atoms with Gasteiger partial charge in [0, 0.05) is 24.2 Å². The lowest BCUT2D eigenvalue weighted by molar-refractivity contribution is -0.121. The van der Waals surface area contributed by atoms with Gasteiger partial charge >= 0.3 is 0 Å². The molecule has 0 atom stereocenters. The third-order valence-electron chi connectivity index (χ3n) is 3.88. The maximum absolute atomic E-state index is 11.9. The van der Waals surface area contributed by atoms with Crippen LogP contribution < -0.4 is 10.9 Å². The molecule has 0 saturated heterocycles. The Morgan fingerprint density at radius 1 is 1.17 bits per heavy atom. The summed E-state index contributed by atoms with van der Waals surface area (Å²) in [6.45, 7) is 4.09. The van der Waals surface area contributed by atoms with Crippen LogP contribution in [0.15, 0.2) is 29.1 Å². The fourth-order valence-corrected chi connectivity index (χ4v) is 2.53. The molecular formula is C18H23N3O3. The monoisotopic (exact) mass is 329 g/mol. The average molecular weight is 329 g/mol. The number of hydrogen-bond donors (Lipinski definition) is 3. The second-order valence-corrected chi connectivity index (χ2v) is 5.79. The third-order valence-corrected chi connectivity index (χ3v) is 3.88. The number of aryl methyl sites for hydroxylation is 2. The van der Waals surface area contributed by atoms with Crippen molar-refractivity contribution in [2.75, 3.05) is 6.54 Å². The first-order valence-electron chi connectivity index (χ1n) is 8.01. The zero-order valence-electron chi connectivity index (χ0n) is 14.1. The molecule has 6 heteroatoms. The van der Waals surface area contributed by atoms with Crippen molar-refractivity contribution >= 4 is 5.91 Å². The van der Waals surface area contributed by atoms with E-state index in [2.05, 4.69) is 15.3 Å². The minimum atomic E-state index is -0.170. The van der Waals surface area contributed by atoms with Crippen LogP contribution in [0.4, 0.5) is 0 Å². The average Bonchev–Trinajstić information content (AvgIpc) is 2.54. The molecule has 0 spiro atoms. The van der Waals surface area contributed by atoms with E-state index in [-0.39, 0.29) is 24.5 Å². The third kappa shape index (κ3) is 5.03. The number of carbonyl (C=O) groups excluding carboxylic acids is 1. The zero-order valence-corrected chi connectivity index (χ0v) is 14.1. The van der Waals surface area contributed by atoms with Gasteiger partial charge in [-0.3, -0.25) is 9.59 Å². The minimum absolute atomic E-state index is 0.0312. The Morgan fingerprint density at radius 2 is 1.83 bits per heavy atom. The molecule has 0 aliphatic rings. The fourth-order valence-electron chi connectivity index (χ4n) is 2.53. The quantitative estimate of drug-likeness (QED) is 0.710. The first-order valence-corrected chi connectivity index (χ1v) is 8.01. The first-order chi connectivity index (χ1) is 11.5. The fraction of sp³-hybridized carbons (Fsp3) is 0.389. The predicted molar refractivity (Wildman–Crippen MR) is 91.7 cm³/mol. The number of hydrogen-bond acceptors (Lipinski definition) is 4. The number of nitrogens with zero attached hydrogens (tertiary/aromatic N) is 1. The van der Waals surface area contributed by atoms with Crippen LogP contribution in [0.25, 0.3) is 0 Å². The van der Waals surface area contributed by atoms with Crippen LogP contribution in [-0.2, 0) is 24.2 Å². The van der Waals surface area contributed by atoms with Crippen molar-refractivity contribution in [3.63, 3.8) is 0 Å². The molecule has 1 amide bonds. The molecule has 0 aliphatic carbocycles. The van der Waals surface area contributed by atoms with Crippen LogP contribution in [0.5, 0.6) is 0 Å². The van der Waals surface area contributed by atoms with Crippen molar-refractivity contribution < 1.29 is 9.90 Å². The Hall–Kier alpha value is -2.47. The summed E-state index contributed by atoms with van der Waals surface area (Å²) in [5.74, 6) is 0.499. The number of aromatic nitrogens is 2. The SMILES string of the molecule is Cc1nc(C)c(CCC(=O)NCCc2ccc(CO)cc2)c(=O)[nH]1. The van der Waals surface area contributed by atoms with Gasteiger partial charge in [0.05, 0.1) is 6.61 Å². The molecule has 3 N–H and O–H groups in total. The Labute approximate surface area is 141 Å². The van der Waals surface area contributed by atoms with Gasteiger partial charge in [0.2, 0.25) is 5.91 Å². The molecule has 0 saturated carbocycles. The molecule has 2 aromatic rings. The van der Waals surface area contributed by atoms with Gasteiger partial charge in [0.1, 0.15) is 5.82 Å². The Kier molecular flexibility index (Phi) is 6.26. The second-order valence-electron chi connectivity index (χ2n) is 5.79. The van der Waals surface area contributed by atoms with Crippen molar-refractivity contribution in [3.8, 4) is 0 Å². The number of carbonyl (C=O) groups is 1. The molecule has 2 rings (SSSR count). The summed E-state index contributed by atoms with van der Waals surface area (Å²) in [5, 5.41) is 11.9. The van der Waals surface area contributed by atoms with Gasteiger partial charge in [-0.15, -0.1) is 0 Å². The number of aromatic amines is 1.